The molecule has 0 aromatic heterocycles. The third kappa shape index (κ3) is 7.44. The van der Waals surface area contributed by atoms with Crippen molar-refractivity contribution in [3.05, 3.63) is 54.1 Å². The molecule has 2 rings (SSSR count). The van der Waals surface area contributed by atoms with Crippen molar-refractivity contribution in [3.63, 3.8) is 0 Å². The van der Waals surface area contributed by atoms with E-state index in [0.717, 1.165) is 5.56 Å². The second kappa shape index (κ2) is 10.1. The van der Waals surface area contributed by atoms with Crippen LogP contribution in [0.15, 0.2) is 48.5 Å². The van der Waals surface area contributed by atoms with Crippen molar-refractivity contribution in [2.75, 3.05) is 10.6 Å². The number of hydrogen-bond donors (Lipinski definition) is 2. The quantitative estimate of drug-likeness (QED) is 0.645. The highest BCUT2D eigenvalue weighted by atomic mass is 16.6. The molecule has 166 valence electrons. The van der Waals surface area contributed by atoms with E-state index in [9.17, 15) is 14.4 Å². The fourth-order valence-corrected chi connectivity index (χ4v) is 2.69. The Morgan fingerprint density at radius 3 is 1.81 bits per heavy atom. The first-order valence-electron chi connectivity index (χ1n) is 10.1. The third-order valence-electron chi connectivity index (χ3n) is 4.50. The molecule has 0 heterocycles. The molecule has 0 unspecified atom stereocenters. The second-order valence-electron chi connectivity index (χ2n) is 8.36. The van der Waals surface area contributed by atoms with Crippen LogP contribution in [0.5, 0.6) is 5.75 Å². The smallest absolute Gasteiger partial charge is 0.347 e. The van der Waals surface area contributed by atoms with E-state index in [-0.39, 0.29) is 11.3 Å². The van der Waals surface area contributed by atoms with Gasteiger partial charge in [0.1, 0.15) is 5.75 Å². The molecule has 2 N–H and O–H groups in total. The zero-order valence-corrected chi connectivity index (χ0v) is 18.8. The lowest BCUT2D eigenvalue weighted by atomic mass is 9.87. The maximum Gasteiger partial charge on any atom is 0.347 e. The van der Waals surface area contributed by atoms with Crippen LogP contribution >= 0.6 is 0 Å². The summed E-state index contributed by atoms with van der Waals surface area (Å²) in [5.74, 6) is -0.737. The highest BCUT2D eigenvalue weighted by Crippen LogP contribution is 2.24. The van der Waals surface area contributed by atoms with E-state index in [1.165, 1.54) is 13.8 Å². The lowest BCUT2D eigenvalue weighted by Crippen LogP contribution is -2.35. The Bertz CT molecular complexity index is 914. The minimum atomic E-state index is -1.00. The van der Waals surface area contributed by atoms with Crippen LogP contribution < -0.4 is 15.4 Å². The number of benzene rings is 2. The molecule has 0 saturated carbocycles. The van der Waals surface area contributed by atoms with Crippen LogP contribution in [0.1, 0.15) is 47.1 Å². The topological polar surface area (TPSA) is 93.7 Å². The van der Waals surface area contributed by atoms with Crippen LogP contribution in [0, 0.1) is 0 Å². The first-order chi connectivity index (χ1) is 14.5. The van der Waals surface area contributed by atoms with E-state index >= 15 is 0 Å². The third-order valence-corrected chi connectivity index (χ3v) is 4.50. The molecule has 2 atom stereocenters. The molecule has 7 heteroatoms. The van der Waals surface area contributed by atoms with Crippen molar-refractivity contribution in [1.82, 2.24) is 0 Å². The van der Waals surface area contributed by atoms with E-state index in [1.807, 2.05) is 24.3 Å². The van der Waals surface area contributed by atoms with Crippen molar-refractivity contribution in [2.45, 2.75) is 59.2 Å². The van der Waals surface area contributed by atoms with Crippen LogP contribution in [0.4, 0.5) is 11.4 Å². The Hall–Kier alpha value is -3.35. The molecule has 0 aliphatic heterocycles. The summed E-state index contributed by atoms with van der Waals surface area (Å²) in [6.45, 7) is 10.8. The lowest BCUT2D eigenvalue weighted by Gasteiger charge is -2.20. The summed E-state index contributed by atoms with van der Waals surface area (Å²) in [4.78, 5) is 35.7. The summed E-state index contributed by atoms with van der Waals surface area (Å²) in [5, 5.41) is 5.31. The molecule has 0 aliphatic carbocycles. The van der Waals surface area contributed by atoms with Crippen molar-refractivity contribution in [1.29, 1.82) is 0 Å². The number of ether oxygens (including phenoxy) is 2. The van der Waals surface area contributed by atoms with Gasteiger partial charge in [0.25, 0.3) is 5.91 Å². The van der Waals surface area contributed by atoms with Gasteiger partial charge in [-0.05, 0) is 61.2 Å². The van der Waals surface area contributed by atoms with Gasteiger partial charge in [0.15, 0.2) is 12.2 Å². The van der Waals surface area contributed by atoms with E-state index in [1.54, 1.807) is 31.2 Å². The molecule has 2 aromatic carbocycles. The number of hydrogen-bond acceptors (Lipinski definition) is 5. The molecule has 2 amide bonds. The zero-order valence-electron chi connectivity index (χ0n) is 18.8. The maximum atomic E-state index is 12.3. The number of nitrogens with one attached hydrogen (secondary N) is 2. The normalized spacial score (nSPS) is 13.0. The predicted molar refractivity (Wildman–Crippen MR) is 120 cm³/mol. The van der Waals surface area contributed by atoms with Gasteiger partial charge in [0.2, 0.25) is 5.91 Å². The Balaban J connectivity index is 1.87. The molecule has 31 heavy (non-hydrogen) atoms. The minimum Gasteiger partial charge on any atom is -0.479 e. The van der Waals surface area contributed by atoms with Gasteiger partial charge in [0.05, 0.1) is 0 Å². The van der Waals surface area contributed by atoms with Crippen molar-refractivity contribution in [2.24, 2.45) is 0 Å². The Kier molecular flexibility index (Phi) is 7.80. The minimum absolute atomic E-state index is 0.0239. The molecule has 0 aliphatic rings. The van der Waals surface area contributed by atoms with E-state index in [2.05, 4.69) is 31.4 Å². The number of rotatable bonds is 7. The fraction of sp³-hybridized carbons (Fsp3) is 0.375. The number of esters is 1. The Morgan fingerprint density at radius 1 is 0.806 bits per heavy atom. The Labute approximate surface area is 183 Å². The summed E-state index contributed by atoms with van der Waals surface area (Å²) >= 11 is 0. The van der Waals surface area contributed by atoms with Crippen LogP contribution in [0.25, 0.3) is 0 Å². The summed E-state index contributed by atoms with van der Waals surface area (Å²) < 4.78 is 10.9. The first kappa shape index (κ1) is 23.9. The number of amides is 2. The van der Waals surface area contributed by atoms with Gasteiger partial charge in [0, 0.05) is 18.3 Å². The fourth-order valence-electron chi connectivity index (χ4n) is 2.69. The highest BCUT2D eigenvalue weighted by molar-refractivity contribution is 5.95. The average molecular weight is 427 g/mol. The van der Waals surface area contributed by atoms with Gasteiger partial charge >= 0.3 is 5.97 Å². The SMILES string of the molecule is CC(=O)Nc1ccc(NC(=O)[C@H](C)OC(=O)[C@H](C)Oc2ccc(C(C)(C)C)cc2)cc1. The van der Waals surface area contributed by atoms with Gasteiger partial charge < -0.3 is 20.1 Å². The van der Waals surface area contributed by atoms with Crippen LogP contribution in [-0.2, 0) is 24.5 Å². The first-order valence-corrected chi connectivity index (χ1v) is 10.1. The molecule has 0 saturated heterocycles. The largest absolute Gasteiger partial charge is 0.479 e. The standard InChI is InChI=1S/C24H30N2O5/c1-15(22(28)26-20-11-9-19(10-12-20)25-17(3)27)31-23(29)16(2)30-21-13-7-18(8-14-21)24(4,5)6/h7-16H,1-6H3,(H,25,27)(H,26,28)/t15-,16-/m0/s1. The second-order valence-corrected chi connectivity index (χ2v) is 8.36. The monoisotopic (exact) mass is 426 g/mol. The summed E-state index contributed by atoms with van der Waals surface area (Å²) in [5.41, 5.74) is 2.32. The van der Waals surface area contributed by atoms with E-state index in [4.69, 9.17) is 9.47 Å². The summed E-state index contributed by atoms with van der Waals surface area (Å²) in [6, 6.07) is 14.1. The molecule has 0 fully saturated rings. The molecule has 0 radical (unpaired) electrons. The Morgan fingerprint density at radius 2 is 1.32 bits per heavy atom. The van der Waals surface area contributed by atoms with Crippen LogP contribution in [0.2, 0.25) is 0 Å². The molecule has 0 spiro atoms. The molecule has 2 aromatic rings. The number of anilines is 2. The van der Waals surface area contributed by atoms with Gasteiger partial charge in [-0.3, -0.25) is 9.59 Å². The summed E-state index contributed by atoms with van der Waals surface area (Å²) in [6.07, 6.45) is -1.87. The van der Waals surface area contributed by atoms with Crippen molar-refractivity contribution in [3.8, 4) is 5.75 Å². The molecular formula is C24H30N2O5. The maximum absolute atomic E-state index is 12.3. The van der Waals surface area contributed by atoms with Gasteiger partial charge in [-0.25, -0.2) is 4.79 Å². The summed E-state index contributed by atoms with van der Waals surface area (Å²) in [7, 11) is 0. The van der Waals surface area contributed by atoms with Gasteiger partial charge in [-0.15, -0.1) is 0 Å². The van der Waals surface area contributed by atoms with Gasteiger partial charge in [-0.1, -0.05) is 32.9 Å². The van der Waals surface area contributed by atoms with Gasteiger partial charge in [-0.2, -0.15) is 0 Å². The van der Waals surface area contributed by atoms with E-state index < -0.39 is 24.1 Å². The average Bonchev–Trinajstić information content (AvgIpc) is 2.68. The predicted octanol–water partition coefficient (Wildman–Crippen LogP) is 4.28. The zero-order chi connectivity index (χ0) is 23.2. The van der Waals surface area contributed by atoms with Crippen LogP contribution in [0.3, 0.4) is 0 Å². The molecule has 0 bridgehead atoms. The van der Waals surface area contributed by atoms with E-state index in [0.29, 0.717) is 17.1 Å². The lowest BCUT2D eigenvalue weighted by molar-refractivity contribution is -0.159. The molecule has 7 nitrogen and oxygen atoms in total. The highest BCUT2D eigenvalue weighted by Gasteiger charge is 2.23. The number of carbonyl (C=O) groups is 3. The van der Waals surface area contributed by atoms with Crippen molar-refractivity contribution >= 4 is 29.2 Å². The molecular weight excluding hydrogens is 396 g/mol. The number of carbonyl (C=O) groups excluding carboxylic acids is 3. The van der Waals surface area contributed by atoms with Crippen LogP contribution in [-0.4, -0.2) is 30.0 Å². The van der Waals surface area contributed by atoms with Crippen molar-refractivity contribution < 1.29 is 23.9 Å².